The molecule has 2 nitrogen and oxygen atoms in total. The molecule has 0 spiro atoms. The third-order valence-corrected chi connectivity index (χ3v) is 3.53. The number of carbonyl (C=O) groups excluding carboxylic acids is 1. The Morgan fingerprint density at radius 1 is 1.47 bits per heavy atom. The molecule has 3 heteroatoms. The highest BCUT2D eigenvalue weighted by Crippen LogP contribution is 2.33. The summed E-state index contributed by atoms with van der Waals surface area (Å²) in [5, 5.41) is 0. The second kappa shape index (κ2) is 4.62. The quantitative estimate of drug-likeness (QED) is 0.672. The molecule has 0 amide bonds. The lowest BCUT2D eigenvalue weighted by molar-refractivity contribution is -0.116. The van der Waals surface area contributed by atoms with Gasteiger partial charge in [-0.3, -0.25) is 4.79 Å². The third kappa shape index (κ3) is 3.91. The molecule has 86 valence electrons. The van der Waals surface area contributed by atoms with Crippen molar-refractivity contribution in [2.24, 2.45) is 0 Å². The Balaban J connectivity index is 2.70. The lowest BCUT2D eigenvalue weighted by Crippen LogP contribution is -2.40. The highest BCUT2D eigenvalue weighted by molar-refractivity contribution is 6.69. The molecular weight excluding hydrogens is 204 g/mol. The van der Waals surface area contributed by atoms with Crippen molar-refractivity contribution >= 4 is 14.1 Å². The van der Waals surface area contributed by atoms with Gasteiger partial charge < -0.3 is 4.43 Å². The molecule has 0 aromatic rings. The first-order chi connectivity index (χ1) is 6.87. The molecule has 0 aromatic heterocycles. The van der Waals surface area contributed by atoms with E-state index in [1.54, 1.807) is 6.08 Å². The van der Waals surface area contributed by atoms with E-state index in [-0.39, 0.29) is 11.4 Å². The molecule has 1 atom stereocenters. The predicted molar refractivity (Wildman–Crippen MR) is 65.5 cm³/mol. The Morgan fingerprint density at radius 3 is 2.53 bits per heavy atom. The summed E-state index contributed by atoms with van der Waals surface area (Å²) in [6.45, 7) is 8.70. The van der Waals surface area contributed by atoms with Crippen LogP contribution in [0.25, 0.3) is 0 Å². The summed E-state index contributed by atoms with van der Waals surface area (Å²) in [7, 11) is -1.58. The van der Waals surface area contributed by atoms with Gasteiger partial charge in [0.2, 0.25) is 0 Å². The second-order valence-corrected chi connectivity index (χ2v) is 9.79. The average Bonchev–Trinajstić information content (AvgIpc) is 2.41. The van der Waals surface area contributed by atoms with Gasteiger partial charge in [0.1, 0.15) is 0 Å². The van der Waals surface area contributed by atoms with Crippen LogP contribution in [0.15, 0.2) is 12.2 Å². The number of ketones is 1. The topological polar surface area (TPSA) is 26.3 Å². The van der Waals surface area contributed by atoms with Crippen molar-refractivity contribution in [1.82, 2.24) is 0 Å². The molecule has 1 unspecified atom stereocenters. The molecule has 0 aromatic carbocycles. The van der Waals surface area contributed by atoms with E-state index in [0.29, 0.717) is 6.42 Å². The maximum Gasteiger partial charge on any atom is 0.184 e. The third-order valence-electron chi connectivity index (χ3n) is 2.51. The van der Waals surface area contributed by atoms with Gasteiger partial charge in [-0.25, -0.2) is 0 Å². The van der Waals surface area contributed by atoms with Crippen molar-refractivity contribution in [3.8, 4) is 0 Å². The van der Waals surface area contributed by atoms with Crippen molar-refractivity contribution in [3.63, 3.8) is 0 Å². The number of hydrogen-bond donors (Lipinski definition) is 0. The van der Waals surface area contributed by atoms with E-state index in [2.05, 4.69) is 26.6 Å². The van der Waals surface area contributed by atoms with E-state index >= 15 is 0 Å². The molecule has 0 fully saturated rings. The van der Waals surface area contributed by atoms with Crippen molar-refractivity contribution in [2.75, 3.05) is 0 Å². The summed E-state index contributed by atoms with van der Waals surface area (Å²) in [6.07, 6.45) is 7.49. The Labute approximate surface area is 93.8 Å². The van der Waals surface area contributed by atoms with Crippen molar-refractivity contribution in [1.29, 1.82) is 0 Å². The molecular formula is C12H22O2Si. The van der Waals surface area contributed by atoms with Crippen LogP contribution in [0.5, 0.6) is 0 Å². The van der Waals surface area contributed by atoms with Gasteiger partial charge in [-0.1, -0.05) is 25.8 Å². The minimum Gasteiger partial charge on any atom is -0.408 e. The molecule has 15 heavy (non-hydrogen) atoms. The highest BCUT2D eigenvalue weighted by atomic mass is 28.4. The van der Waals surface area contributed by atoms with Crippen molar-refractivity contribution < 1.29 is 9.22 Å². The van der Waals surface area contributed by atoms with Gasteiger partial charge in [-0.05, 0) is 32.1 Å². The van der Waals surface area contributed by atoms with E-state index in [4.69, 9.17) is 4.43 Å². The average molecular weight is 226 g/mol. The van der Waals surface area contributed by atoms with Gasteiger partial charge >= 0.3 is 0 Å². The molecule has 1 aliphatic carbocycles. The van der Waals surface area contributed by atoms with Gasteiger partial charge in [-0.2, -0.15) is 0 Å². The van der Waals surface area contributed by atoms with Crippen LogP contribution in [0, 0.1) is 0 Å². The maximum atomic E-state index is 11.4. The summed E-state index contributed by atoms with van der Waals surface area (Å²) in [4.78, 5) is 11.4. The van der Waals surface area contributed by atoms with Gasteiger partial charge in [0.25, 0.3) is 0 Å². The number of carbonyl (C=O) groups is 1. The summed E-state index contributed by atoms with van der Waals surface area (Å²) >= 11 is 0. The van der Waals surface area contributed by atoms with E-state index in [9.17, 15) is 4.79 Å². The number of rotatable bonds is 5. The standard InChI is InChI=1S/C12H22O2Si/c1-5-6-8-12(14-15(2,3)4)9-7-11(13)10-12/h7,9H,5-6,8,10H2,1-4H3. The number of hydrogen-bond acceptors (Lipinski definition) is 2. The molecule has 0 saturated heterocycles. The zero-order valence-corrected chi connectivity index (χ0v) is 11.3. The minimum absolute atomic E-state index is 0.212. The summed E-state index contributed by atoms with van der Waals surface area (Å²) in [5.74, 6) is 0.212. The maximum absolute atomic E-state index is 11.4. The Morgan fingerprint density at radius 2 is 2.13 bits per heavy atom. The van der Waals surface area contributed by atoms with E-state index < -0.39 is 8.32 Å². The SMILES string of the molecule is CCCCC1(O[Si](C)(C)C)C=CC(=O)C1. The molecule has 0 aliphatic heterocycles. The minimum atomic E-state index is -1.58. The van der Waals surface area contributed by atoms with E-state index in [1.165, 1.54) is 0 Å². The van der Waals surface area contributed by atoms with Crippen LogP contribution in [0.4, 0.5) is 0 Å². The van der Waals surface area contributed by atoms with Crippen LogP contribution in [-0.2, 0) is 9.22 Å². The fourth-order valence-electron chi connectivity index (χ4n) is 2.04. The first kappa shape index (κ1) is 12.7. The van der Waals surface area contributed by atoms with Crippen molar-refractivity contribution in [3.05, 3.63) is 12.2 Å². The van der Waals surface area contributed by atoms with Crippen LogP contribution < -0.4 is 0 Å². The zero-order valence-electron chi connectivity index (χ0n) is 10.3. The molecule has 0 heterocycles. The van der Waals surface area contributed by atoms with Crippen LogP contribution in [-0.4, -0.2) is 19.7 Å². The fourth-order valence-corrected chi connectivity index (χ4v) is 3.50. The molecule has 0 N–H and O–H groups in total. The smallest absolute Gasteiger partial charge is 0.184 e. The highest BCUT2D eigenvalue weighted by Gasteiger charge is 2.37. The number of unbranched alkanes of at least 4 members (excludes halogenated alkanes) is 1. The Hall–Kier alpha value is -0.413. The van der Waals surface area contributed by atoms with Gasteiger partial charge in [0, 0.05) is 6.42 Å². The van der Waals surface area contributed by atoms with Crippen LogP contribution >= 0.6 is 0 Å². The van der Waals surface area contributed by atoms with Gasteiger partial charge in [0.15, 0.2) is 14.1 Å². The molecule has 0 saturated carbocycles. The largest absolute Gasteiger partial charge is 0.408 e. The monoisotopic (exact) mass is 226 g/mol. The molecule has 1 aliphatic rings. The summed E-state index contributed by atoms with van der Waals surface area (Å²) < 4.78 is 6.19. The normalized spacial score (nSPS) is 26.3. The van der Waals surface area contributed by atoms with E-state index in [1.807, 2.05) is 6.08 Å². The lowest BCUT2D eigenvalue weighted by atomic mass is 9.96. The Kier molecular flexibility index (Phi) is 3.90. The molecule has 1 rings (SSSR count). The Bertz CT molecular complexity index is 265. The summed E-state index contributed by atoms with van der Waals surface area (Å²) in [5.41, 5.74) is -0.266. The first-order valence-electron chi connectivity index (χ1n) is 5.79. The van der Waals surface area contributed by atoms with Crippen LogP contribution in [0.2, 0.25) is 19.6 Å². The first-order valence-corrected chi connectivity index (χ1v) is 9.20. The summed E-state index contributed by atoms with van der Waals surface area (Å²) in [6, 6.07) is 0. The fraction of sp³-hybridized carbons (Fsp3) is 0.750. The van der Waals surface area contributed by atoms with Gasteiger partial charge in [-0.15, -0.1) is 0 Å². The van der Waals surface area contributed by atoms with Crippen LogP contribution in [0.1, 0.15) is 32.6 Å². The molecule has 0 radical (unpaired) electrons. The van der Waals surface area contributed by atoms with Crippen LogP contribution in [0.3, 0.4) is 0 Å². The zero-order chi connectivity index (χ0) is 11.5. The number of allylic oxidation sites excluding steroid dienone is 1. The lowest BCUT2D eigenvalue weighted by Gasteiger charge is -2.34. The predicted octanol–water partition coefficient (Wildman–Crippen LogP) is 3.30. The van der Waals surface area contributed by atoms with Crippen molar-refractivity contribution in [2.45, 2.75) is 57.8 Å². The molecule has 0 bridgehead atoms. The van der Waals surface area contributed by atoms with Gasteiger partial charge in [0.05, 0.1) is 5.60 Å². The second-order valence-electron chi connectivity index (χ2n) is 5.36. The van der Waals surface area contributed by atoms with E-state index in [0.717, 1.165) is 19.3 Å².